The Morgan fingerprint density at radius 3 is 1.85 bits per heavy atom. The molecule has 0 N–H and O–H groups in total. The van der Waals surface area contributed by atoms with Crippen LogP contribution in [0.3, 0.4) is 0 Å². The van der Waals surface area contributed by atoms with E-state index < -0.39 is 0 Å². The van der Waals surface area contributed by atoms with Crippen molar-refractivity contribution in [3.8, 4) is 0 Å². The van der Waals surface area contributed by atoms with Crippen molar-refractivity contribution in [2.45, 2.75) is 105 Å². The lowest BCUT2D eigenvalue weighted by molar-refractivity contribution is 0.332. The molecule has 262 valence electrons. The summed E-state index contributed by atoms with van der Waals surface area (Å²) in [6, 6.07) is 33.3. The zero-order valence-corrected chi connectivity index (χ0v) is 33.7. The Morgan fingerprint density at radius 1 is 0.615 bits per heavy atom. The highest BCUT2D eigenvalue weighted by Gasteiger charge is 2.48. The number of fused-ring (bicyclic) bond motifs is 7. The first-order valence-electron chi connectivity index (χ1n) is 19.2. The van der Waals surface area contributed by atoms with E-state index in [2.05, 4.69) is 171 Å². The van der Waals surface area contributed by atoms with Crippen LogP contribution in [0.5, 0.6) is 0 Å². The predicted octanol–water partition coefficient (Wildman–Crippen LogP) is 11.9. The third-order valence-electron chi connectivity index (χ3n) is 12.7. The molecule has 52 heavy (non-hydrogen) atoms. The molecule has 4 heteroatoms. The van der Waals surface area contributed by atoms with E-state index in [1.54, 1.807) is 0 Å². The molecule has 0 spiro atoms. The van der Waals surface area contributed by atoms with Gasteiger partial charge in [-0.05, 0) is 143 Å². The molecule has 1 aromatic heterocycles. The van der Waals surface area contributed by atoms with Gasteiger partial charge in [-0.2, -0.15) is 0 Å². The molecule has 0 fully saturated rings. The Hall–Kier alpha value is -4.28. The first-order chi connectivity index (χ1) is 24.6. The van der Waals surface area contributed by atoms with Gasteiger partial charge in [-0.1, -0.05) is 97.0 Å². The van der Waals surface area contributed by atoms with Crippen molar-refractivity contribution in [1.29, 1.82) is 0 Å². The third kappa shape index (κ3) is 4.75. The van der Waals surface area contributed by atoms with Crippen molar-refractivity contribution in [3.63, 3.8) is 0 Å². The molecule has 6 aromatic rings. The summed E-state index contributed by atoms with van der Waals surface area (Å²) in [6.45, 7) is 26.2. The first kappa shape index (κ1) is 33.6. The summed E-state index contributed by atoms with van der Waals surface area (Å²) in [5.74, 6) is 0. The van der Waals surface area contributed by atoms with Crippen LogP contribution in [-0.4, -0.2) is 6.71 Å². The molecule has 0 saturated heterocycles. The lowest BCUT2D eigenvalue weighted by atomic mass is 9.35. The summed E-state index contributed by atoms with van der Waals surface area (Å²) < 4.78 is 2.82. The van der Waals surface area contributed by atoms with Crippen LogP contribution in [0.2, 0.25) is 0 Å². The lowest BCUT2D eigenvalue weighted by Crippen LogP contribution is -2.61. The molecular weight excluding hydrogens is 647 g/mol. The van der Waals surface area contributed by atoms with E-state index in [1.807, 2.05) is 11.3 Å². The number of aryl methyl sites for hydroxylation is 4. The second kappa shape index (κ2) is 11.1. The standard InChI is InChI=1S/C48H51BN2S/c1-28-23-39-42-40(24-28)51(43-30(3)16-14-17-31(43)4)38-27-35-34(47(8,9)21-22-48(35,10)11)26-36(38)49(42)45-44(50(39)37-18-13-12-15-29(37)2)33-25-32(46(5,6)7)19-20-41(33)52-45/h12-20,23-27H,21-22H2,1-11H3. The third-order valence-corrected chi connectivity index (χ3v) is 13.9. The fourth-order valence-electron chi connectivity index (χ4n) is 9.61. The van der Waals surface area contributed by atoms with Crippen molar-refractivity contribution >= 4 is 78.0 Å². The minimum absolute atomic E-state index is 0.0492. The summed E-state index contributed by atoms with van der Waals surface area (Å²) in [5.41, 5.74) is 20.6. The van der Waals surface area contributed by atoms with Crippen LogP contribution in [0.1, 0.15) is 100 Å². The topological polar surface area (TPSA) is 6.48 Å². The number of hydrogen-bond acceptors (Lipinski definition) is 3. The van der Waals surface area contributed by atoms with Crippen LogP contribution < -0.4 is 25.5 Å². The molecule has 0 radical (unpaired) electrons. The van der Waals surface area contributed by atoms with E-state index in [1.165, 1.54) is 112 Å². The number of rotatable bonds is 2. The molecule has 2 nitrogen and oxygen atoms in total. The first-order valence-corrected chi connectivity index (χ1v) is 20.0. The van der Waals surface area contributed by atoms with Crippen molar-refractivity contribution in [2.75, 3.05) is 9.80 Å². The van der Waals surface area contributed by atoms with Gasteiger partial charge in [0.1, 0.15) is 0 Å². The summed E-state index contributed by atoms with van der Waals surface area (Å²) in [6.07, 6.45) is 2.39. The number of para-hydroxylation sites is 2. The van der Waals surface area contributed by atoms with Gasteiger partial charge in [0.05, 0.1) is 11.4 Å². The normalized spacial score (nSPS) is 16.8. The molecule has 0 bridgehead atoms. The van der Waals surface area contributed by atoms with E-state index in [0.717, 1.165) is 0 Å². The number of nitrogens with zero attached hydrogens (tertiary/aromatic N) is 2. The number of anilines is 6. The molecule has 2 aliphatic heterocycles. The van der Waals surface area contributed by atoms with Gasteiger partial charge in [-0.15, -0.1) is 11.3 Å². The largest absolute Gasteiger partial charge is 0.311 e. The quantitative estimate of drug-likeness (QED) is 0.166. The maximum atomic E-state index is 2.67. The maximum Gasteiger partial charge on any atom is 0.264 e. The van der Waals surface area contributed by atoms with Crippen LogP contribution in [0.15, 0.2) is 84.9 Å². The summed E-state index contributed by atoms with van der Waals surface area (Å²) in [5, 5.41) is 1.36. The van der Waals surface area contributed by atoms with Crippen molar-refractivity contribution in [3.05, 3.63) is 124 Å². The van der Waals surface area contributed by atoms with Crippen molar-refractivity contribution < 1.29 is 0 Å². The highest BCUT2D eigenvalue weighted by Crippen LogP contribution is 2.52. The summed E-state index contributed by atoms with van der Waals surface area (Å²) >= 11 is 2.01. The van der Waals surface area contributed by atoms with E-state index in [-0.39, 0.29) is 23.0 Å². The minimum Gasteiger partial charge on any atom is -0.311 e. The van der Waals surface area contributed by atoms with Gasteiger partial charge in [0.25, 0.3) is 6.71 Å². The molecular formula is C48H51BN2S. The van der Waals surface area contributed by atoms with E-state index >= 15 is 0 Å². The molecule has 5 aromatic carbocycles. The Bertz CT molecular complexity index is 2450. The summed E-state index contributed by atoms with van der Waals surface area (Å²) in [7, 11) is 0. The Labute approximate surface area is 315 Å². The Balaban J connectivity index is 1.47. The Morgan fingerprint density at radius 2 is 1.21 bits per heavy atom. The molecule has 3 heterocycles. The van der Waals surface area contributed by atoms with Crippen LogP contribution >= 0.6 is 11.3 Å². The van der Waals surface area contributed by atoms with E-state index in [9.17, 15) is 0 Å². The predicted molar refractivity (Wildman–Crippen MR) is 229 cm³/mol. The number of benzene rings is 5. The SMILES string of the molecule is Cc1cc2c3c(c1)N(c1ccccc1C)c1c(sc4ccc(C(C)(C)C)cc14)B3c1cc3c(cc1N2c1c(C)cccc1C)C(C)(C)CCC3(C)C. The second-order valence-corrected chi connectivity index (χ2v) is 19.4. The highest BCUT2D eigenvalue weighted by atomic mass is 32.1. The summed E-state index contributed by atoms with van der Waals surface area (Å²) in [4.78, 5) is 5.30. The average molecular weight is 699 g/mol. The second-order valence-electron chi connectivity index (χ2n) is 18.3. The monoisotopic (exact) mass is 698 g/mol. The molecule has 0 unspecified atom stereocenters. The Kier molecular flexibility index (Phi) is 7.18. The van der Waals surface area contributed by atoms with Gasteiger partial charge in [-0.3, -0.25) is 0 Å². The van der Waals surface area contributed by atoms with Crippen LogP contribution in [0.4, 0.5) is 34.1 Å². The lowest BCUT2D eigenvalue weighted by Gasteiger charge is -2.47. The number of hydrogen-bond donors (Lipinski definition) is 0. The smallest absolute Gasteiger partial charge is 0.264 e. The fourth-order valence-corrected chi connectivity index (χ4v) is 10.9. The molecule has 0 amide bonds. The van der Waals surface area contributed by atoms with Gasteiger partial charge in [0.15, 0.2) is 0 Å². The van der Waals surface area contributed by atoms with Crippen LogP contribution in [0, 0.1) is 27.7 Å². The van der Waals surface area contributed by atoms with Gasteiger partial charge in [-0.25, -0.2) is 0 Å². The molecule has 0 saturated carbocycles. The molecule has 9 rings (SSSR count). The maximum absolute atomic E-state index is 2.67. The fraction of sp³-hybridized carbons (Fsp3) is 0.333. The van der Waals surface area contributed by atoms with Gasteiger partial charge in [0, 0.05) is 37.6 Å². The number of thiophene rings is 1. The van der Waals surface area contributed by atoms with E-state index in [0.29, 0.717) is 0 Å². The van der Waals surface area contributed by atoms with Crippen LogP contribution in [-0.2, 0) is 16.2 Å². The zero-order valence-electron chi connectivity index (χ0n) is 32.9. The minimum atomic E-state index is 0.0492. The van der Waals surface area contributed by atoms with E-state index in [4.69, 9.17) is 0 Å². The molecule has 0 atom stereocenters. The van der Waals surface area contributed by atoms with Gasteiger partial charge >= 0.3 is 0 Å². The van der Waals surface area contributed by atoms with Gasteiger partial charge in [0.2, 0.25) is 0 Å². The zero-order chi connectivity index (χ0) is 36.6. The molecule has 3 aliphatic rings. The van der Waals surface area contributed by atoms with Crippen molar-refractivity contribution in [2.24, 2.45) is 0 Å². The van der Waals surface area contributed by atoms with Gasteiger partial charge < -0.3 is 9.80 Å². The van der Waals surface area contributed by atoms with Crippen molar-refractivity contribution in [1.82, 2.24) is 0 Å². The molecule has 1 aliphatic carbocycles. The van der Waals surface area contributed by atoms with Crippen LogP contribution in [0.25, 0.3) is 10.1 Å². The highest BCUT2D eigenvalue weighted by molar-refractivity contribution is 7.33. The average Bonchev–Trinajstić information content (AvgIpc) is 3.46.